The number of ether oxygens (including phenoxy) is 1. The summed E-state index contributed by atoms with van der Waals surface area (Å²) < 4.78 is 5.05. The van der Waals surface area contributed by atoms with Crippen molar-refractivity contribution in [2.75, 3.05) is 43.6 Å². The van der Waals surface area contributed by atoms with Crippen LogP contribution < -0.4 is 15.5 Å². The minimum absolute atomic E-state index is 0.0120. The van der Waals surface area contributed by atoms with Crippen molar-refractivity contribution in [2.24, 2.45) is 17.3 Å². The first-order valence-corrected chi connectivity index (χ1v) is 11.5. The third-order valence-corrected chi connectivity index (χ3v) is 5.74. The maximum absolute atomic E-state index is 12.9. The van der Waals surface area contributed by atoms with Gasteiger partial charge in [-0.1, -0.05) is 34.6 Å². The number of nitrogens with zero attached hydrogens (tertiary/aromatic N) is 1. The van der Waals surface area contributed by atoms with Gasteiger partial charge in [-0.05, 0) is 54.7 Å². The molecule has 2 rings (SSSR count). The molecular formula is C25H41N3O3. The zero-order valence-corrected chi connectivity index (χ0v) is 20.2. The molecule has 174 valence electrons. The fourth-order valence-corrected chi connectivity index (χ4v) is 4.33. The van der Waals surface area contributed by atoms with E-state index in [1.54, 1.807) is 7.11 Å². The third-order valence-electron chi connectivity index (χ3n) is 5.74. The number of methoxy groups -OCH3 is 1. The number of anilines is 2. The summed E-state index contributed by atoms with van der Waals surface area (Å²) in [6, 6.07) is 5.68. The van der Waals surface area contributed by atoms with Gasteiger partial charge in [-0.2, -0.15) is 0 Å². The van der Waals surface area contributed by atoms with Gasteiger partial charge in [-0.3, -0.25) is 9.59 Å². The molecule has 0 bridgehead atoms. The predicted octanol–water partition coefficient (Wildman–Crippen LogP) is 4.70. The second-order valence-electron chi connectivity index (χ2n) is 10.3. The molecule has 1 aromatic carbocycles. The van der Waals surface area contributed by atoms with Crippen LogP contribution in [0.5, 0.6) is 0 Å². The standard InChI is InChI=1S/C25H41N3O3/c1-18-9-12-28(13-10-18)22-8-7-20(16-21(22)24(30)26-11-14-31-6)27-23(29)15-19(2)17-25(3,4)5/h7-8,16,18-19H,9-15,17H2,1-6H3,(H,26,30)(H,27,29). The summed E-state index contributed by atoms with van der Waals surface area (Å²) in [4.78, 5) is 27.8. The van der Waals surface area contributed by atoms with Crippen LogP contribution in [-0.2, 0) is 9.53 Å². The van der Waals surface area contributed by atoms with Gasteiger partial charge in [0.15, 0.2) is 0 Å². The molecule has 2 amide bonds. The molecule has 0 saturated carbocycles. The van der Waals surface area contributed by atoms with Crippen molar-refractivity contribution in [2.45, 2.75) is 60.3 Å². The van der Waals surface area contributed by atoms with E-state index in [2.05, 4.69) is 50.2 Å². The summed E-state index contributed by atoms with van der Waals surface area (Å²) in [5, 5.41) is 5.92. The lowest BCUT2D eigenvalue weighted by atomic mass is 9.84. The van der Waals surface area contributed by atoms with E-state index >= 15 is 0 Å². The first-order valence-electron chi connectivity index (χ1n) is 11.5. The SMILES string of the molecule is COCCNC(=O)c1cc(NC(=O)CC(C)CC(C)(C)C)ccc1N1CCC(C)CC1. The van der Waals surface area contributed by atoms with Crippen LogP contribution in [0.4, 0.5) is 11.4 Å². The molecule has 1 heterocycles. The minimum Gasteiger partial charge on any atom is -0.383 e. The molecule has 0 aromatic heterocycles. The third kappa shape index (κ3) is 8.52. The van der Waals surface area contributed by atoms with Gasteiger partial charge in [0.25, 0.3) is 5.91 Å². The number of hydrogen-bond donors (Lipinski definition) is 2. The number of benzene rings is 1. The van der Waals surface area contributed by atoms with Gasteiger partial charge in [0.2, 0.25) is 5.91 Å². The quantitative estimate of drug-likeness (QED) is 0.556. The summed E-state index contributed by atoms with van der Waals surface area (Å²) in [7, 11) is 1.61. The molecule has 6 nitrogen and oxygen atoms in total. The summed E-state index contributed by atoms with van der Waals surface area (Å²) in [6.45, 7) is 13.7. The number of nitrogens with one attached hydrogen (secondary N) is 2. The molecular weight excluding hydrogens is 390 g/mol. The topological polar surface area (TPSA) is 70.7 Å². The summed E-state index contributed by atoms with van der Waals surface area (Å²) in [5.74, 6) is 0.861. The first kappa shape index (κ1) is 25.2. The average molecular weight is 432 g/mol. The Bertz CT molecular complexity index is 734. The first-order chi connectivity index (χ1) is 14.6. The average Bonchev–Trinajstić information content (AvgIpc) is 2.67. The molecule has 31 heavy (non-hydrogen) atoms. The number of carbonyl (C=O) groups excluding carboxylic acids is 2. The summed E-state index contributed by atoms with van der Waals surface area (Å²) in [6.07, 6.45) is 3.70. The van der Waals surface area contributed by atoms with E-state index in [-0.39, 0.29) is 17.2 Å². The number of hydrogen-bond acceptors (Lipinski definition) is 4. The zero-order chi connectivity index (χ0) is 23.0. The molecule has 0 aliphatic carbocycles. The van der Waals surface area contributed by atoms with Crippen LogP contribution in [0.3, 0.4) is 0 Å². The maximum atomic E-state index is 12.9. The Morgan fingerprint density at radius 3 is 2.52 bits per heavy atom. The Balaban J connectivity index is 2.14. The highest BCUT2D eigenvalue weighted by atomic mass is 16.5. The molecule has 0 radical (unpaired) electrons. The fraction of sp³-hybridized carbons (Fsp3) is 0.680. The van der Waals surface area contributed by atoms with E-state index in [1.807, 2.05) is 18.2 Å². The zero-order valence-electron chi connectivity index (χ0n) is 20.2. The van der Waals surface area contributed by atoms with E-state index in [0.717, 1.165) is 38.0 Å². The molecule has 2 N–H and O–H groups in total. The Kier molecular flexibility index (Phi) is 9.35. The van der Waals surface area contributed by atoms with Crippen LogP contribution in [0, 0.1) is 17.3 Å². The van der Waals surface area contributed by atoms with Gasteiger partial charge in [-0.25, -0.2) is 0 Å². The normalized spacial score (nSPS) is 16.1. The highest BCUT2D eigenvalue weighted by Crippen LogP contribution is 2.30. The Morgan fingerprint density at radius 2 is 1.90 bits per heavy atom. The second kappa shape index (κ2) is 11.5. The van der Waals surface area contributed by atoms with Gasteiger partial charge < -0.3 is 20.3 Å². The lowest BCUT2D eigenvalue weighted by molar-refractivity contribution is -0.117. The number of piperidine rings is 1. The van der Waals surface area contributed by atoms with Gasteiger partial charge in [0, 0.05) is 44.5 Å². The van der Waals surface area contributed by atoms with Crippen molar-refractivity contribution in [3.63, 3.8) is 0 Å². The number of carbonyl (C=O) groups is 2. The fourth-order valence-electron chi connectivity index (χ4n) is 4.33. The second-order valence-corrected chi connectivity index (χ2v) is 10.3. The van der Waals surface area contributed by atoms with Crippen molar-refractivity contribution in [1.29, 1.82) is 0 Å². The highest BCUT2D eigenvalue weighted by molar-refractivity contribution is 6.02. The maximum Gasteiger partial charge on any atom is 0.253 e. The van der Waals surface area contributed by atoms with E-state index in [4.69, 9.17) is 4.74 Å². The van der Waals surface area contributed by atoms with Gasteiger partial charge in [0.1, 0.15) is 0 Å². The molecule has 0 spiro atoms. The lowest BCUT2D eigenvalue weighted by Gasteiger charge is -2.33. The Hall–Kier alpha value is -2.08. The monoisotopic (exact) mass is 431 g/mol. The lowest BCUT2D eigenvalue weighted by Crippen LogP contribution is -2.35. The predicted molar refractivity (Wildman–Crippen MR) is 128 cm³/mol. The van der Waals surface area contributed by atoms with Crippen molar-refractivity contribution in [1.82, 2.24) is 5.32 Å². The van der Waals surface area contributed by atoms with Gasteiger partial charge in [-0.15, -0.1) is 0 Å². The van der Waals surface area contributed by atoms with Crippen LogP contribution in [0.2, 0.25) is 0 Å². The van der Waals surface area contributed by atoms with E-state index in [1.165, 1.54) is 0 Å². The van der Waals surface area contributed by atoms with Gasteiger partial charge in [0.05, 0.1) is 12.2 Å². The van der Waals surface area contributed by atoms with Crippen molar-refractivity contribution in [3.05, 3.63) is 23.8 Å². The number of amides is 2. The van der Waals surface area contributed by atoms with Crippen molar-refractivity contribution < 1.29 is 14.3 Å². The molecule has 1 atom stereocenters. The molecule has 1 unspecified atom stereocenters. The molecule has 1 aliphatic rings. The molecule has 1 saturated heterocycles. The van der Waals surface area contributed by atoms with E-state index < -0.39 is 0 Å². The summed E-state index contributed by atoms with van der Waals surface area (Å²) in [5.41, 5.74) is 2.40. The minimum atomic E-state index is -0.136. The Labute approximate surface area is 188 Å². The van der Waals surface area contributed by atoms with Crippen LogP contribution >= 0.6 is 0 Å². The van der Waals surface area contributed by atoms with Crippen LogP contribution in [0.15, 0.2) is 18.2 Å². The van der Waals surface area contributed by atoms with Crippen molar-refractivity contribution >= 4 is 23.2 Å². The molecule has 6 heteroatoms. The van der Waals surface area contributed by atoms with E-state index in [9.17, 15) is 9.59 Å². The molecule has 1 fully saturated rings. The highest BCUT2D eigenvalue weighted by Gasteiger charge is 2.22. The molecule has 1 aromatic rings. The van der Waals surface area contributed by atoms with Crippen LogP contribution in [0.1, 0.15) is 70.7 Å². The number of rotatable bonds is 9. The van der Waals surface area contributed by atoms with Crippen LogP contribution in [-0.4, -0.2) is 45.2 Å². The summed E-state index contributed by atoms with van der Waals surface area (Å²) >= 11 is 0. The largest absolute Gasteiger partial charge is 0.383 e. The van der Waals surface area contributed by atoms with E-state index in [0.29, 0.717) is 42.7 Å². The smallest absolute Gasteiger partial charge is 0.253 e. The van der Waals surface area contributed by atoms with Crippen LogP contribution in [0.25, 0.3) is 0 Å². The Morgan fingerprint density at radius 1 is 1.23 bits per heavy atom. The van der Waals surface area contributed by atoms with Gasteiger partial charge >= 0.3 is 0 Å². The van der Waals surface area contributed by atoms with Crippen molar-refractivity contribution in [3.8, 4) is 0 Å². The molecule has 1 aliphatic heterocycles.